The maximum Gasteiger partial charge on any atom is 0.255 e. The minimum Gasteiger partial charge on any atom is -0.387 e. The van der Waals surface area contributed by atoms with Crippen LogP contribution >= 0.6 is 0 Å². The second kappa shape index (κ2) is 11.4. The van der Waals surface area contributed by atoms with Gasteiger partial charge in [-0.3, -0.25) is 14.6 Å². The van der Waals surface area contributed by atoms with Crippen molar-refractivity contribution in [1.82, 2.24) is 24.8 Å². The second-order valence-corrected chi connectivity index (χ2v) is 12.9. The number of nitriles is 1. The molecule has 1 atom stereocenters. The molecular formula is C32H38FN7O4. The number of halogens is 1. The van der Waals surface area contributed by atoms with E-state index < -0.39 is 17.7 Å². The molecule has 4 heterocycles. The van der Waals surface area contributed by atoms with Gasteiger partial charge in [0.15, 0.2) is 0 Å². The normalized spacial score (nSPS) is 24.1. The SMILES string of the molecule is CC(C)(O)[C@H](F)CNC(=O)c1cnc(-c2ccc3cc(C#N)cnn23)cc1NC12CCC(C(=O)N3CCOCC3)(CC1)CC2. The number of aromatic nitrogens is 3. The highest BCUT2D eigenvalue weighted by Gasteiger charge is 2.53. The first-order valence-electron chi connectivity index (χ1n) is 15.2. The van der Waals surface area contributed by atoms with Crippen molar-refractivity contribution in [1.29, 1.82) is 5.26 Å². The number of alkyl halides is 1. The fourth-order valence-corrected chi connectivity index (χ4v) is 6.74. The summed E-state index contributed by atoms with van der Waals surface area (Å²) in [5.74, 6) is -0.268. The van der Waals surface area contributed by atoms with Gasteiger partial charge in [0.05, 0.1) is 65.3 Å². The highest BCUT2D eigenvalue weighted by Crippen LogP contribution is 2.54. The Kier molecular flexibility index (Phi) is 7.80. The number of hydrogen-bond donors (Lipinski definition) is 3. The Morgan fingerprint density at radius 3 is 2.50 bits per heavy atom. The van der Waals surface area contributed by atoms with Crippen LogP contribution in [0.3, 0.4) is 0 Å². The number of aliphatic hydroxyl groups is 1. The third-order valence-electron chi connectivity index (χ3n) is 9.65. The minimum absolute atomic E-state index is 0.236. The number of fused-ring (bicyclic) bond motifs is 4. The Morgan fingerprint density at radius 1 is 1.14 bits per heavy atom. The Hall–Kier alpha value is -4.08. The largest absolute Gasteiger partial charge is 0.387 e. The molecular weight excluding hydrogens is 565 g/mol. The molecule has 44 heavy (non-hydrogen) atoms. The third kappa shape index (κ3) is 5.62. The van der Waals surface area contributed by atoms with Crippen LogP contribution in [0.1, 0.15) is 68.3 Å². The standard InChI is InChI=1S/C32H38FN7O4/c1-30(2,43)27(33)20-36-28(41)23-19-35-25(26-4-3-22-15-21(17-34)18-37-40(22)26)16-24(23)38-32-8-5-31(6-9-32,7-10-32)29(42)39-11-13-44-14-12-39/h3-4,15-16,18-19,27,43H,5-14,20H2,1-2H3,(H,35,38)(H,36,41)/t27-,31?,32?/m1/s1. The topological polar surface area (TPSA) is 145 Å². The highest BCUT2D eigenvalue weighted by molar-refractivity contribution is 6.00. The molecule has 2 bridgehead atoms. The van der Waals surface area contributed by atoms with Crippen molar-refractivity contribution in [3.05, 3.63) is 47.8 Å². The van der Waals surface area contributed by atoms with E-state index in [0.717, 1.165) is 44.0 Å². The molecule has 0 radical (unpaired) electrons. The number of pyridine rings is 1. The van der Waals surface area contributed by atoms with Crippen LogP contribution in [0.15, 0.2) is 36.7 Å². The molecule has 3 aliphatic carbocycles. The predicted octanol–water partition coefficient (Wildman–Crippen LogP) is 3.47. The number of anilines is 1. The summed E-state index contributed by atoms with van der Waals surface area (Å²) in [6.07, 6.45) is 5.93. The molecule has 1 aliphatic heterocycles. The van der Waals surface area contributed by atoms with E-state index in [9.17, 15) is 24.3 Å². The van der Waals surface area contributed by atoms with Crippen molar-refractivity contribution < 1.29 is 23.8 Å². The number of nitrogens with zero attached hydrogens (tertiary/aromatic N) is 5. The zero-order chi connectivity index (χ0) is 31.1. The summed E-state index contributed by atoms with van der Waals surface area (Å²) >= 11 is 0. The lowest BCUT2D eigenvalue weighted by molar-refractivity contribution is -0.152. The van der Waals surface area contributed by atoms with Gasteiger partial charge in [-0.1, -0.05) is 0 Å². The molecule has 3 saturated carbocycles. The summed E-state index contributed by atoms with van der Waals surface area (Å²) in [6, 6.07) is 9.35. The van der Waals surface area contributed by atoms with Gasteiger partial charge >= 0.3 is 0 Å². The first kappa shape index (κ1) is 30.0. The molecule has 0 unspecified atom stereocenters. The van der Waals surface area contributed by atoms with Crippen LogP contribution in [0.25, 0.3) is 16.9 Å². The summed E-state index contributed by atoms with van der Waals surface area (Å²) in [5.41, 5.74) is 0.997. The average molecular weight is 604 g/mol. The van der Waals surface area contributed by atoms with Gasteiger partial charge in [-0.25, -0.2) is 8.91 Å². The van der Waals surface area contributed by atoms with Crippen LogP contribution in [-0.4, -0.2) is 86.6 Å². The zero-order valence-electron chi connectivity index (χ0n) is 25.1. The maximum absolute atomic E-state index is 14.5. The zero-order valence-corrected chi connectivity index (χ0v) is 25.1. The van der Waals surface area contributed by atoms with E-state index in [-0.39, 0.29) is 29.0 Å². The van der Waals surface area contributed by atoms with Gasteiger partial charge in [0.2, 0.25) is 5.91 Å². The minimum atomic E-state index is -1.65. The molecule has 12 heteroatoms. The molecule has 232 valence electrons. The van der Waals surface area contributed by atoms with Crippen LogP contribution in [0.4, 0.5) is 10.1 Å². The molecule has 1 saturated heterocycles. The molecule has 7 rings (SSSR count). The number of nitrogens with one attached hydrogen (secondary N) is 2. The first-order valence-corrected chi connectivity index (χ1v) is 15.2. The monoisotopic (exact) mass is 603 g/mol. The van der Waals surface area contributed by atoms with Gasteiger partial charge in [0, 0.05) is 30.2 Å². The van der Waals surface area contributed by atoms with Gasteiger partial charge in [-0.2, -0.15) is 10.4 Å². The van der Waals surface area contributed by atoms with Gasteiger partial charge in [-0.15, -0.1) is 0 Å². The lowest BCUT2D eigenvalue weighted by Gasteiger charge is -2.54. The van der Waals surface area contributed by atoms with Gasteiger partial charge in [-0.05, 0) is 76.6 Å². The number of carbonyl (C=O) groups is 2. The molecule has 2 amide bonds. The van der Waals surface area contributed by atoms with E-state index in [1.54, 1.807) is 10.6 Å². The molecule has 4 aliphatic rings. The number of morpholine rings is 1. The van der Waals surface area contributed by atoms with Crippen LogP contribution in [0.2, 0.25) is 0 Å². The summed E-state index contributed by atoms with van der Waals surface area (Å²) in [7, 11) is 0. The Balaban J connectivity index is 1.28. The molecule has 3 aromatic heterocycles. The molecule has 11 nitrogen and oxygen atoms in total. The predicted molar refractivity (Wildman–Crippen MR) is 161 cm³/mol. The van der Waals surface area contributed by atoms with Crippen LogP contribution in [0, 0.1) is 16.7 Å². The van der Waals surface area contributed by atoms with E-state index in [4.69, 9.17) is 4.74 Å². The first-order chi connectivity index (χ1) is 21.0. The van der Waals surface area contributed by atoms with Crippen molar-refractivity contribution in [2.45, 2.75) is 69.7 Å². The van der Waals surface area contributed by atoms with E-state index in [2.05, 4.69) is 26.8 Å². The quantitative estimate of drug-likeness (QED) is 0.355. The molecule has 0 aromatic carbocycles. The molecule has 3 N–H and O–H groups in total. The number of hydrogen-bond acceptors (Lipinski definition) is 8. The van der Waals surface area contributed by atoms with Crippen molar-refractivity contribution >= 4 is 23.0 Å². The molecule has 4 fully saturated rings. The Labute approximate surface area is 255 Å². The third-order valence-corrected chi connectivity index (χ3v) is 9.65. The van der Waals surface area contributed by atoms with Crippen molar-refractivity contribution in [2.24, 2.45) is 5.41 Å². The lowest BCUT2D eigenvalue weighted by Crippen LogP contribution is -2.57. The molecule has 0 spiro atoms. The van der Waals surface area contributed by atoms with Gasteiger partial charge in [0.1, 0.15) is 12.2 Å². The van der Waals surface area contributed by atoms with Crippen LogP contribution < -0.4 is 10.6 Å². The van der Waals surface area contributed by atoms with E-state index in [1.807, 2.05) is 23.1 Å². The average Bonchev–Trinajstić information content (AvgIpc) is 3.47. The summed E-state index contributed by atoms with van der Waals surface area (Å²) < 4.78 is 21.6. The number of carbonyl (C=O) groups excluding carboxylic acids is 2. The van der Waals surface area contributed by atoms with Crippen molar-refractivity contribution in [2.75, 3.05) is 38.2 Å². The Bertz CT molecular complexity index is 1590. The second-order valence-electron chi connectivity index (χ2n) is 12.9. The lowest BCUT2D eigenvalue weighted by atomic mass is 9.56. The number of ether oxygens (including phenoxy) is 1. The smallest absolute Gasteiger partial charge is 0.255 e. The maximum atomic E-state index is 14.5. The number of amides is 2. The number of rotatable bonds is 8. The van der Waals surface area contributed by atoms with Crippen molar-refractivity contribution in [3.63, 3.8) is 0 Å². The summed E-state index contributed by atoms with van der Waals surface area (Å²) in [6.45, 7) is 4.79. The highest BCUT2D eigenvalue weighted by atomic mass is 19.1. The molecule has 3 aromatic rings. The van der Waals surface area contributed by atoms with Gasteiger partial charge in [0.25, 0.3) is 5.91 Å². The summed E-state index contributed by atoms with van der Waals surface area (Å²) in [4.78, 5) is 33.5. The van der Waals surface area contributed by atoms with Crippen molar-refractivity contribution in [3.8, 4) is 17.5 Å². The summed E-state index contributed by atoms with van der Waals surface area (Å²) in [5, 5.41) is 30.0. The fourth-order valence-electron chi connectivity index (χ4n) is 6.74. The fraction of sp³-hybridized carbons (Fsp3) is 0.531. The van der Waals surface area contributed by atoms with E-state index in [1.165, 1.54) is 26.2 Å². The van der Waals surface area contributed by atoms with Crippen LogP contribution in [-0.2, 0) is 9.53 Å². The van der Waals surface area contributed by atoms with Crippen LogP contribution in [0.5, 0.6) is 0 Å². The van der Waals surface area contributed by atoms with Gasteiger partial charge < -0.3 is 25.4 Å². The van der Waals surface area contributed by atoms with E-state index in [0.29, 0.717) is 48.9 Å². The van der Waals surface area contributed by atoms with E-state index >= 15 is 0 Å². The Morgan fingerprint density at radius 2 is 1.84 bits per heavy atom.